The first-order chi connectivity index (χ1) is 6.35. The van der Waals surface area contributed by atoms with E-state index in [0.29, 0.717) is 6.04 Å². The minimum atomic E-state index is 0.0470. The van der Waals surface area contributed by atoms with E-state index in [1.807, 2.05) is 0 Å². The molecule has 3 nitrogen and oxygen atoms in total. The van der Waals surface area contributed by atoms with E-state index >= 15 is 0 Å². The van der Waals surface area contributed by atoms with E-state index < -0.39 is 0 Å². The van der Waals surface area contributed by atoms with Crippen molar-refractivity contribution in [1.29, 1.82) is 0 Å². The van der Waals surface area contributed by atoms with Crippen LogP contribution in [0.1, 0.15) is 32.1 Å². The molecule has 76 valence electrons. The summed E-state index contributed by atoms with van der Waals surface area (Å²) in [5, 5.41) is 12.8. The van der Waals surface area contributed by atoms with Crippen molar-refractivity contribution >= 4 is 0 Å². The third-order valence-electron chi connectivity index (χ3n) is 3.28. The minimum Gasteiger partial charge on any atom is -0.394 e. The summed E-state index contributed by atoms with van der Waals surface area (Å²) in [6.45, 7) is 2.01. The molecule has 1 unspecified atom stereocenters. The highest BCUT2D eigenvalue weighted by Crippen LogP contribution is 2.32. The number of aliphatic hydroxyl groups is 1. The summed E-state index contributed by atoms with van der Waals surface area (Å²) < 4.78 is 5.40. The smallest absolute Gasteiger partial charge is 0.0619 e. The average Bonchev–Trinajstić information content (AvgIpc) is 2.13. The SMILES string of the molecule is OCC1(NC2CCCOC2)CCC1. The zero-order valence-corrected chi connectivity index (χ0v) is 8.09. The van der Waals surface area contributed by atoms with Gasteiger partial charge in [-0.3, -0.25) is 0 Å². The van der Waals surface area contributed by atoms with Crippen molar-refractivity contribution in [3.63, 3.8) is 0 Å². The van der Waals surface area contributed by atoms with E-state index in [0.717, 1.165) is 32.5 Å². The van der Waals surface area contributed by atoms with Crippen LogP contribution in [-0.4, -0.2) is 36.5 Å². The molecule has 1 saturated heterocycles. The fraction of sp³-hybridized carbons (Fsp3) is 1.00. The minimum absolute atomic E-state index is 0.0470. The van der Waals surface area contributed by atoms with Gasteiger partial charge in [0.1, 0.15) is 0 Å². The molecule has 1 heterocycles. The highest BCUT2D eigenvalue weighted by atomic mass is 16.5. The molecule has 1 atom stereocenters. The molecule has 0 radical (unpaired) electrons. The van der Waals surface area contributed by atoms with Crippen molar-refractivity contribution in [1.82, 2.24) is 5.32 Å². The first kappa shape index (κ1) is 9.44. The van der Waals surface area contributed by atoms with Crippen molar-refractivity contribution < 1.29 is 9.84 Å². The third kappa shape index (κ3) is 2.03. The summed E-state index contributed by atoms with van der Waals surface area (Å²) in [4.78, 5) is 0. The maximum absolute atomic E-state index is 9.26. The van der Waals surface area contributed by atoms with Gasteiger partial charge < -0.3 is 15.2 Å². The molecule has 2 rings (SSSR count). The van der Waals surface area contributed by atoms with Gasteiger partial charge >= 0.3 is 0 Å². The Labute approximate surface area is 79.5 Å². The fourth-order valence-electron chi connectivity index (χ4n) is 2.24. The molecule has 13 heavy (non-hydrogen) atoms. The van der Waals surface area contributed by atoms with Gasteiger partial charge in [0.2, 0.25) is 0 Å². The predicted octanol–water partition coefficient (Wildman–Crippen LogP) is 0.670. The molecule has 2 aliphatic rings. The molecule has 0 bridgehead atoms. The lowest BCUT2D eigenvalue weighted by Crippen LogP contribution is -2.59. The molecule has 3 heteroatoms. The monoisotopic (exact) mass is 185 g/mol. The summed E-state index contributed by atoms with van der Waals surface area (Å²) in [6.07, 6.45) is 5.85. The van der Waals surface area contributed by atoms with Crippen molar-refractivity contribution in [2.24, 2.45) is 0 Å². The number of aliphatic hydroxyl groups excluding tert-OH is 1. The van der Waals surface area contributed by atoms with Crippen LogP contribution in [0.25, 0.3) is 0 Å². The zero-order chi connectivity index (χ0) is 9.15. The van der Waals surface area contributed by atoms with Crippen LogP contribution in [-0.2, 0) is 4.74 Å². The molecular weight excluding hydrogens is 166 g/mol. The van der Waals surface area contributed by atoms with Crippen molar-refractivity contribution in [2.45, 2.75) is 43.7 Å². The number of nitrogens with one attached hydrogen (secondary N) is 1. The first-order valence-corrected chi connectivity index (χ1v) is 5.31. The van der Waals surface area contributed by atoms with Gasteiger partial charge in [-0.05, 0) is 32.1 Å². The Balaban J connectivity index is 1.81. The molecule has 0 aromatic heterocycles. The van der Waals surface area contributed by atoms with Gasteiger partial charge in [-0.15, -0.1) is 0 Å². The van der Waals surface area contributed by atoms with Crippen molar-refractivity contribution in [3.8, 4) is 0 Å². The lowest BCUT2D eigenvalue weighted by molar-refractivity contribution is 0.0226. The molecule has 0 spiro atoms. The average molecular weight is 185 g/mol. The van der Waals surface area contributed by atoms with Crippen LogP contribution < -0.4 is 5.32 Å². The maximum atomic E-state index is 9.26. The Bertz CT molecular complexity index is 157. The van der Waals surface area contributed by atoms with Gasteiger partial charge in [-0.25, -0.2) is 0 Å². The molecule has 0 amide bonds. The van der Waals surface area contributed by atoms with Crippen LogP contribution in [0.5, 0.6) is 0 Å². The Morgan fingerprint density at radius 1 is 1.38 bits per heavy atom. The fourth-order valence-corrected chi connectivity index (χ4v) is 2.24. The molecule has 2 fully saturated rings. The van der Waals surface area contributed by atoms with Crippen LogP contribution >= 0.6 is 0 Å². The van der Waals surface area contributed by atoms with Crippen LogP contribution in [0.2, 0.25) is 0 Å². The standard InChI is InChI=1S/C10H19NO2/c12-8-10(4-2-5-10)11-9-3-1-6-13-7-9/h9,11-12H,1-8H2. The van der Waals surface area contributed by atoms with Gasteiger partial charge in [0, 0.05) is 18.2 Å². The zero-order valence-electron chi connectivity index (χ0n) is 8.09. The third-order valence-corrected chi connectivity index (χ3v) is 3.28. The van der Waals surface area contributed by atoms with E-state index in [1.54, 1.807) is 0 Å². The van der Waals surface area contributed by atoms with Crippen molar-refractivity contribution in [3.05, 3.63) is 0 Å². The topological polar surface area (TPSA) is 41.5 Å². The van der Waals surface area contributed by atoms with Crippen LogP contribution in [0.4, 0.5) is 0 Å². The van der Waals surface area contributed by atoms with Gasteiger partial charge in [0.05, 0.1) is 13.2 Å². The van der Waals surface area contributed by atoms with E-state index in [1.165, 1.54) is 12.8 Å². The van der Waals surface area contributed by atoms with Gasteiger partial charge in [0.15, 0.2) is 0 Å². The first-order valence-electron chi connectivity index (χ1n) is 5.31. The second-order valence-electron chi connectivity index (χ2n) is 4.35. The molecule has 2 N–H and O–H groups in total. The molecule has 1 aliphatic heterocycles. The summed E-state index contributed by atoms with van der Waals surface area (Å²) in [5.74, 6) is 0. The summed E-state index contributed by atoms with van der Waals surface area (Å²) >= 11 is 0. The summed E-state index contributed by atoms with van der Waals surface area (Å²) in [7, 11) is 0. The van der Waals surface area contributed by atoms with Crippen LogP contribution in [0, 0.1) is 0 Å². The van der Waals surface area contributed by atoms with Gasteiger partial charge in [-0.2, -0.15) is 0 Å². The number of hydrogen-bond acceptors (Lipinski definition) is 3. The highest BCUT2D eigenvalue weighted by molar-refractivity contribution is 4.97. The van der Waals surface area contributed by atoms with Gasteiger partial charge in [0.25, 0.3) is 0 Å². The molecule has 1 saturated carbocycles. The van der Waals surface area contributed by atoms with Crippen molar-refractivity contribution in [2.75, 3.05) is 19.8 Å². The Morgan fingerprint density at radius 2 is 2.23 bits per heavy atom. The second kappa shape index (κ2) is 3.95. The van der Waals surface area contributed by atoms with Crippen LogP contribution in [0.3, 0.4) is 0 Å². The molecule has 0 aromatic carbocycles. The lowest BCUT2D eigenvalue weighted by Gasteiger charge is -2.44. The van der Waals surface area contributed by atoms with E-state index in [4.69, 9.17) is 4.74 Å². The lowest BCUT2D eigenvalue weighted by atomic mass is 9.76. The van der Waals surface area contributed by atoms with Gasteiger partial charge in [-0.1, -0.05) is 0 Å². The normalized spacial score (nSPS) is 32.5. The number of ether oxygens (including phenoxy) is 1. The Kier molecular flexibility index (Phi) is 2.86. The van der Waals surface area contributed by atoms with E-state index in [9.17, 15) is 5.11 Å². The molecule has 1 aliphatic carbocycles. The Morgan fingerprint density at radius 3 is 2.69 bits per heavy atom. The maximum Gasteiger partial charge on any atom is 0.0619 e. The largest absolute Gasteiger partial charge is 0.394 e. The van der Waals surface area contributed by atoms with Crippen LogP contribution in [0.15, 0.2) is 0 Å². The highest BCUT2D eigenvalue weighted by Gasteiger charge is 2.37. The second-order valence-corrected chi connectivity index (χ2v) is 4.35. The Hall–Kier alpha value is -0.120. The number of rotatable bonds is 3. The summed E-state index contributed by atoms with van der Waals surface area (Å²) in [6, 6.07) is 0.473. The predicted molar refractivity (Wildman–Crippen MR) is 50.6 cm³/mol. The van der Waals surface area contributed by atoms with E-state index in [2.05, 4.69) is 5.32 Å². The quantitative estimate of drug-likeness (QED) is 0.679. The molecule has 0 aromatic rings. The number of hydrogen-bond donors (Lipinski definition) is 2. The van der Waals surface area contributed by atoms with E-state index in [-0.39, 0.29) is 12.1 Å². The molecular formula is C10H19NO2. The summed E-state index contributed by atoms with van der Waals surface area (Å²) in [5.41, 5.74) is 0.0470.